The maximum Gasteiger partial charge on any atom is 0.255 e. The number of nitriles is 1. The number of nitrogens with one attached hydrogen (secondary N) is 2. The quantitative estimate of drug-likeness (QED) is 0.909. The molecule has 0 atom stereocenters. The number of hydrogen-bond donors (Lipinski definition) is 2. The Hall–Kier alpha value is -2.78. The molecule has 2 aromatic carbocycles. The van der Waals surface area contributed by atoms with E-state index >= 15 is 0 Å². The fourth-order valence-corrected chi connectivity index (χ4v) is 3.01. The third-order valence-corrected chi connectivity index (χ3v) is 4.44. The summed E-state index contributed by atoms with van der Waals surface area (Å²) in [4.78, 5) is 24.7. The second-order valence-corrected chi connectivity index (χ2v) is 6.05. The predicted octanol–water partition coefficient (Wildman–Crippen LogP) is 3.05. The molecule has 0 saturated carbocycles. The first kappa shape index (κ1) is 15.1. The highest BCUT2D eigenvalue weighted by molar-refractivity contribution is 8.00. The third kappa shape index (κ3) is 3.52. The number of carbonyl (C=O) groups excluding carboxylic acids is 2. The highest BCUT2D eigenvalue weighted by Crippen LogP contribution is 2.32. The number of benzene rings is 2. The summed E-state index contributed by atoms with van der Waals surface area (Å²) in [5, 5.41) is 14.2. The minimum absolute atomic E-state index is 0.0619. The highest BCUT2D eigenvalue weighted by Gasteiger charge is 2.17. The summed E-state index contributed by atoms with van der Waals surface area (Å²) in [5.74, 6) is 0.0897. The molecule has 0 fully saturated rings. The van der Waals surface area contributed by atoms with Gasteiger partial charge in [-0.2, -0.15) is 5.26 Å². The fourth-order valence-electron chi connectivity index (χ4n) is 2.22. The van der Waals surface area contributed by atoms with Crippen molar-refractivity contribution >= 4 is 35.0 Å². The molecule has 3 rings (SSSR count). The third-order valence-electron chi connectivity index (χ3n) is 3.37. The average Bonchev–Trinajstić information content (AvgIpc) is 2.56. The first-order valence-corrected chi connectivity index (χ1v) is 7.98. The summed E-state index contributed by atoms with van der Waals surface area (Å²) in [6.45, 7) is 0. The van der Waals surface area contributed by atoms with E-state index in [1.165, 1.54) is 11.8 Å². The van der Waals surface area contributed by atoms with Crippen LogP contribution in [0.5, 0.6) is 0 Å². The fraction of sp³-hybridized carbons (Fsp3) is 0.118. The van der Waals surface area contributed by atoms with Crippen molar-refractivity contribution in [1.82, 2.24) is 0 Å². The van der Waals surface area contributed by atoms with Gasteiger partial charge in [-0.05, 0) is 35.9 Å². The monoisotopic (exact) mass is 323 g/mol. The number of amides is 2. The van der Waals surface area contributed by atoms with E-state index in [0.29, 0.717) is 29.1 Å². The minimum atomic E-state index is -0.245. The normalized spacial score (nSPS) is 12.7. The lowest BCUT2D eigenvalue weighted by atomic mass is 10.1. The Kier molecular flexibility index (Phi) is 4.31. The predicted molar refractivity (Wildman–Crippen MR) is 89.5 cm³/mol. The molecular formula is C17H13N3O2S. The number of anilines is 2. The zero-order chi connectivity index (χ0) is 16.2. The molecule has 0 unspecified atom stereocenters. The number of thioether (sulfide) groups is 1. The van der Waals surface area contributed by atoms with Crippen molar-refractivity contribution in [3.63, 3.8) is 0 Å². The molecule has 0 radical (unpaired) electrons. The van der Waals surface area contributed by atoms with Crippen molar-refractivity contribution in [1.29, 1.82) is 5.26 Å². The number of nitrogens with zero attached hydrogens (tertiary/aromatic N) is 1. The van der Waals surface area contributed by atoms with E-state index in [1.54, 1.807) is 24.3 Å². The molecule has 2 amide bonds. The van der Waals surface area contributed by atoms with Gasteiger partial charge >= 0.3 is 0 Å². The van der Waals surface area contributed by atoms with Crippen molar-refractivity contribution < 1.29 is 9.59 Å². The summed E-state index contributed by atoms with van der Waals surface area (Å²) in [6, 6.07) is 14.5. The van der Waals surface area contributed by atoms with Crippen LogP contribution in [-0.2, 0) is 11.2 Å². The summed E-state index contributed by atoms with van der Waals surface area (Å²) >= 11 is 1.46. The molecule has 0 aliphatic carbocycles. The molecule has 0 aromatic heterocycles. The Bertz CT molecular complexity index is 810. The molecule has 1 aliphatic heterocycles. The molecule has 23 heavy (non-hydrogen) atoms. The van der Waals surface area contributed by atoms with Gasteiger partial charge in [-0.15, -0.1) is 11.8 Å². The molecule has 2 aromatic rings. The average molecular weight is 323 g/mol. The standard InChI is InChI=1S/C17H13N3O2S/c18-8-7-11-1-4-13(5-2-11)19-17(22)12-3-6-15-14(9-12)20-16(21)10-23-15/h1-6,9H,7,10H2,(H,19,22)(H,20,21). The van der Waals surface area contributed by atoms with Gasteiger partial charge in [0.1, 0.15) is 0 Å². The van der Waals surface area contributed by atoms with E-state index in [2.05, 4.69) is 16.7 Å². The van der Waals surface area contributed by atoms with Crippen molar-refractivity contribution in [3.05, 3.63) is 53.6 Å². The van der Waals surface area contributed by atoms with E-state index in [0.717, 1.165) is 10.5 Å². The van der Waals surface area contributed by atoms with Crippen LogP contribution in [-0.4, -0.2) is 17.6 Å². The second-order valence-electron chi connectivity index (χ2n) is 5.03. The Labute approximate surface area is 137 Å². The van der Waals surface area contributed by atoms with Gasteiger partial charge in [0.05, 0.1) is 23.9 Å². The van der Waals surface area contributed by atoms with Gasteiger partial charge in [0.2, 0.25) is 5.91 Å². The van der Waals surface area contributed by atoms with Crippen LogP contribution in [0.3, 0.4) is 0 Å². The molecule has 0 spiro atoms. The lowest BCUT2D eigenvalue weighted by molar-refractivity contribution is -0.113. The molecule has 5 nitrogen and oxygen atoms in total. The van der Waals surface area contributed by atoms with Crippen LogP contribution < -0.4 is 10.6 Å². The first-order chi connectivity index (χ1) is 11.2. The zero-order valence-electron chi connectivity index (χ0n) is 12.1. The highest BCUT2D eigenvalue weighted by atomic mass is 32.2. The summed E-state index contributed by atoms with van der Waals surface area (Å²) in [6.07, 6.45) is 0.344. The number of carbonyl (C=O) groups is 2. The molecule has 1 heterocycles. The van der Waals surface area contributed by atoms with E-state index in [4.69, 9.17) is 5.26 Å². The van der Waals surface area contributed by atoms with Gasteiger partial charge in [-0.3, -0.25) is 9.59 Å². The van der Waals surface area contributed by atoms with Gasteiger partial charge in [0, 0.05) is 16.1 Å². The van der Waals surface area contributed by atoms with Crippen LogP contribution in [0.25, 0.3) is 0 Å². The van der Waals surface area contributed by atoms with E-state index < -0.39 is 0 Å². The maximum absolute atomic E-state index is 12.3. The van der Waals surface area contributed by atoms with Gasteiger partial charge < -0.3 is 10.6 Å². The summed E-state index contributed by atoms with van der Waals surface area (Å²) < 4.78 is 0. The van der Waals surface area contributed by atoms with Crippen molar-refractivity contribution in [2.75, 3.05) is 16.4 Å². The van der Waals surface area contributed by atoms with E-state index in [1.807, 2.05) is 18.2 Å². The van der Waals surface area contributed by atoms with Gasteiger partial charge in [0.15, 0.2) is 0 Å². The van der Waals surface area contributed by atoms with Crippen molar-refractivity contribution in [2.24, 2.45) is 0 Å². The molecule has 2 N–H and O–H groups in total. The van der Waals surface area contributed by atoms with Crippen LogP contribution in [0, 0.1) is 11.3 Å². The molecule has 0 bridgehead atoms. The zero-order valence-corrected chi connectivity index (χ0v) is 12.9. The molecule has 114 valence electrons. The minimum Gasteiger partial charge on any atom is -0.324 e. The molecule has 1 aliphatic rings. The topological polar surface area (TPSA) is 82.0 Å². The van der Waals surface area contributed by atoms with Crippen LogP contribution in [0.2, 0.25) is 0 Å². The molecule has 6 heteroatoms. The molecule has 0 saturated heterocycles. The first-order valence-electron chi connectivity index (χ1n) is 6.99. The van der Waals surface area contributed by atoms with Crippen molar-refractivity contribution in [3.8, 4) is 6.07 Å². The Morgan fingerprint density at radius 1 is 1.26 bits per heavy atom. The van der Waals surface area contributed by atoms with Gasteiger partial charge in [-0.25, -0.2) is 0 Å². The number of fused-ring (bicyclic) bond motifs is 1. The Balaban J connectivity index is 1.74. The number of rotatable bonds is 3. The van der Waals surface area contributed by atoms with Crippen LogP contribution in [0.1, 0.15) is 15.9 Å². The Morgan fingerprint density at radius 3 is 2.78 bits per heavy atom. The summed E-state index contributed by atoms with van der Waals surface area (Å²) in [7, 11) is 0. The smallest absolute Gasteiger partial charge is 0.255 e. The molecular weight excluding hydrogens is 310 g/mol. The Morgan fingerprint density at radius 2 is 2.04 bits per heavy atom. The SMILES string of the molecule is N#CCc1ccc(NC(=O)c2ccc3c(c2)NC(=O)CS3)cc1. The van der Waals surface area contributed by atoms with Gasteiger partial charge in [0.25, 0.3) is 5.91 Å². The van der Waals surface area contributed by atoms with Crippen LogP contribution >= 0.6 is 11.8 Å². The van der Waals surface area contributed by atoms with Crippen LogP contribution in [0.15, 0.2) is 47.4 Å². The van der Waals surface area contributed by atoms with Gasteiger partial charge in [-0.1, -0.05) is 12.1 Å². The lowest BCUT2D eigenvalue weighted by Crippen LogP contribution is -2.19. The lowest BCUT2D eigenvalue weighted by Gasteiger charge is -2.17. The second kappa shape index (κ2) is 6.55. The largest absolute Gasteiger partial charge is 0.324 e. The van der Waals surface area contributed by atoms with Crippen LogP contribution in [0.4, 0.5) is 11.4 Å². The van der Waals surface area contributed by atoms with E-state index in [9.17, 15) is 9.59 Å². The van der Waals surface area contributed by atoms with E-state index in [-0.39, 0.29) is 11.8 Å². The number of hydrogen-bond acceptors (Lipinski definition) is 4. The van der Waals surface area contributed by atoms with Crippen molar-refractivity contribution in [2.45, 2.75) is 11.3 Å². The summed E-state index contributed by atoms with van der Waals surface area (Å²) in [5.41, 5.74) is 2.71. The maximum atomic E-state index is 12.3.